The molecule has 0 radical (unpaired) electrons. The fourth-order valence-corrected chi connectivity index (χ4v) is 2.23. The molecule has 2 N–H and O–H groups in total. The molecule has 1 aliphatic carbocycles. The average molecular weight is 269 g/mol. The average Bonchev–Trinajstić information content (AvgIpc) is 3.13. The molecule has 1 amide bonds. The molecule has 0 unspecified atom stereocenters. The first-order valence-corrected chi connectivity index (χ1v) is 6.41. The van der Waals surface area contributed by atoms with Gasteiger partial charge >= 0.3 is 0 Å². The van der Waals surface area contributed by atoms with Gasteiger partial charge in [-0.15, -0.1) is 5.10 Å². The Morgan fingerprint density at radius 3 is 2.95 bits per heavy atom. The highest BCUT2D eigenvalue weighted by Crippen LogP contribution is 2.19. The lowest BCUT2D eigenvalue weighted by Gasteiger charge is -2.01. The Morgan fingerprint density at radius 1 is 1.35 bits per heavy atom. The number of H-pyrrole nitrogens is 1. The second-order valence-corrected chi connectivity index (χ2v) is 4.92. The third kappa shape index (κ3) is 1.59. The summed E-state index contributed by atoms with van der Waals surface area (Å²) in [5.74, 6) is -0.344. The minimum absolute atomic E-state index is 0.0731. The summed E-state index contributed by atoms with van der Waals surface area (Å²) in [5, 5.41) is 10.6. The minimum atomic E-state index is -0.366. The smallest absolute Gasteiger partial charge is 0.277 e. The van der Waals surface area contributed by atoms with Crippen molar-refractivity contribution in [3.63, 3.8) is 0 Å². The predicted octanol–water partition coefficient (Wildman–Crippen LogP) is 0.463. The molecular weight excluding hydrogens is 258 g/mol. The molecule has 0 aliphatic heterocycles. The summed E-state index contributed by atoms with van der Waals surface area (Å²) in [5.41, 5.74) is 1.25. The quantitative estimate of drug-likeness (QED) is 0.707. The lowest BCUT2D eigenvalue weighted by Crippen LogP contribution is -2.27. The Hall–Kier alpha value is -2.70. The molecule has 3 aromatic rings. The normalized spacial score (nSPS) is 14.8. The van der Waals surface area contributed by atoms with Gasteiger partial charge in [-0.25, -0.2) is 4.52 Å². The van der Waals surface area contributed by atoms with Gasteiger partial charge in [-0.3, -0.25) is 9.59 Å². The highest BCUT2D eigenvalue weighted by Gasteiger charge is 2.27. The molecule has 1 fully saturated rings. The second-order valence-electron chi connectivity index (χ2n) is 4.92. The Bertz CT molecular complexity index is 891. The lowest BCUT2D eigenvalue weighted by atomic mass is 10.3. The maximum Gasteiger partial charge on any atom is 0.277 e. The van der Waals surface area contributed by atoms with E-state index < -0.39 is 0 Å². The third-order valence-corrected chi connectivity index (χ3v) is 3.39. The van der Waals surface area contributed by atoms with Crippen LogP contribution in [0, 0.1) is 0 Å². The van der Waals surface area contributed by atoms with Crippen LogP contribution in [0.25, 0.3) is 16.6 Å². The SMILES string of the molecule is O=C(NC1CC1)c1nnn2c1c(=O)[nH]c1ccccc12. The number of nitrogens with one attached hydrogen (secondary N) is 2. The van der Waals surface area contributed by atoms with Crippen LogP contribution in [0.3, 0.4) is 0 Å². The molecule has 4 rings (SSSR count). The van der Waals surface area contributed by atoms with E-state index in [1.165, 1.54) is 4.52 Å². The van der Waals surface area contributed by atoms with Crippen molar-refractivity contribution in [2.75, 3.05) is 0 Å². The van der Waals surface area contributed by atoms with E-state index >= 15 is 0 Å². The summed E-state index contributed by atoms with van der Waals surface area (Å²) in [7, 11) is 0. The number of para-hydroxylation sites is 2. The van der Waals surface area contributed by atoms with E-state index in [0.29, 0.717) is 11.0 Å². The monoisotopic (exact) mass is 269 g/mol. The van der Waals surface area contributed by atoms with Gasteiger partial charge in [-0.05, 0) is 25.0 Å². The number of hydrogen-bond donors (Lipinski definition) is 2. The number of rotatable bonds is 2. The summed E-state index contributed by atoms with van der Waals surface area (Å²) in [4.78, 5) is 27.0. The summed E-state index contributed by atoms with van der Waals surface area (Å²) >= 11 is 0. The Morgan fingerprint density at radius 2 is 2.15 bits per heavy atom. The molecule has 1 saturated carbocycles. The number of carbonyl (C=O) groups excluding carboxylic acids is 1. The molecule has 0 atom stereocenters. The van der Waals surface area contributed by atoms with E-state index in [4.69, 9.17) is 0 Å². The number of amides is 1. The van der Waals surface area contributed by atoms with Gasteiger partial charge in [0.05, 0.1) is 11.0 Å². The van der Waals surface area contributed by atoms with Crippen molar-refractivity contribution in [2.24, 2.45) is 0 Å². The van der Waals surface area contributed by atoms with Crippen molar-refractivity contribution in [2.45, 2.75) is 18.9 Å². The zero-order valence-electron chi connectivity index (χ0n) is 10.5. The van der Waals surface area contributed by atoms with E-state index in [2.05, 4.69) is 20.6 Å². The maximum atomic E-state index is 12.1. The summed E-state index contributed by atoms with van der Waals surface area (Å²) in [6, 6.07) is 7.46. The Labute approximate surface area is 112 Å². The van der Waals surface area contributed by atoms with Gasteiger partial charge in [0.25, 0.3) is 11.5 Å². The minimum Gasteiger partial charge on any atom is -0.348 e. The van der Waals surface area contributed by atoms with Gasteiger partial charge in [0.15, 0.2) is 11.2 Å². The summed E-state index contributed by atoms with van der Waals surface area (Å²) in [6.45, 7) is 0. The molecule has 7 heteroatoms. The molecule has 2 aromatic heterocycles. The number of aromatic nitrogens is 4. The second kappa shape index (κ2) is 3.89. The van der Waals surface area contributed by atoms with Crippen LogP contribution >= 0.6 is 0 Å². The van der Waals surface area contributed by atoms with Crippen LogP contribution in [0.2, 0.25) is 0 Å². The Kier molecular flexibility index (Phi) is 2.17. The van der Waals surface area contributed by atoms with Crippen LogP contribution < -0.4 is 10.9 Å². The van der Waals surface area contributed by atoms with Gasteiger partial charge in [0.1, 0.15) is 0 Å². The first-order chi connectivity index (χ1) is 9.74. The molecule has 2 heterocycles. The number of nitrogens with zero attached hydrogens (tertiary/aromatic N) is 3. The van der Waals surface area contributed by atoms with Crippen LogP contribution in [0.1, 0.15) is 23.3 Å². The fourth-order valence-electron chi connectivity index (χ4n) is 2.23. The molecule has 7 nitrogen and oxygen atoms in total. The van der Waals surface area contributed by atoms with Crippen molar-refractivity contribution in [3.8, 4) is 0 Å². The van der Waals surface area contributed by atoms with E-state index in [1.807, 2.05) is 18.2 Å². The molecule has 0 spiro atoms. The van der Waals surface area contributed by atoms with Crippen LogP contribution in [0.5, 0.6) is 0 Å². The Balaban J connectivity index is 1.97. The summed E-state index contributed by atoms with van der Waals surface area (Å²) < 4.78 is 1.41. The fraction of sp³-hybridized carbons (Fsp3) is 0.231. The molecule has 0 bridgehead atoms. The van der Waals surface area contributed by atoms with Crippen molar-refractivity contribution in [3.05, 3.63) is 40.3 Å². The van der Waals surface area contributed by atoms with Crippen LogP contribution in [0.15, 0.2) is 29.1 Å². The van der Waals surface area contributed by atoms with Gasteiger partial charge in [-0.2, -0.15) is 0 Å². The first kappa shape index (κ1) is 11.2. The summed E-state index contributed by atoms with van der Waals surface area (Å²) in [6.07, 6.45) is 1.95. The van der Waals surface area contributed by atoms with Crippen LogP contribution in [-0.2, 0) is 0 Å². The highest BCUT2D eigenvalue weighted by atomic mass is 16.2. The topological polar surface area (TPSA) is 92.2 Å². The standard InChI is InChI=1S/C13H11N5O2/c19-12(14-7-5-6-7)10-11-13(20)15-8-3-1-2-4-9(8)18(11)17-16-10/h1-4,7H,5-6H2,(H,14,19)(H,15,20). The van der Waals surface area contributed by atoms with Crippen molar-refractivity contribution in [1.29, 1.82) is 0 Å². The van der Waals surface area contributed by atoms with Crippen molar-refractivity contribution < 1.29 is 4.79 Å². The van der Waals surface area contributed by atoms with E-state index in [9.17, 15) is 9.59 Å². The van der Waals surface area contributed by atoms with Gasteiger partial charge < -0.3 is 10.3 Å². The number of benzene rings is 1. The van der Waals surface area contributed by atoms with E-state index in [0.717, 1.165) is 12.8 Å². The largest absolute Gasteiger partial charge is 0.348 e. The molecule has 100 valence electrons. The van der Waals surface area contributed by atoms with Crippen LogP contribution in [0.4, 0.5) is 0 Å². The van der Waals surface area contributed by atoms with Gasteiger partial charge in [0.2, 0.25) is 0 Å². The molecular formula is C13H11N5O2. The zero-order valence-corrected chi connectivity index (χ0v) is 10.5. The maximum absolute atomic E-state index is 12.1. The molecule has 1 aromatic carbocycles. The number of hydrogen-bond acceptors (Lipinski definition) is 4. The number of fused-ring (bicyclic) bond motifs is 3. The predicted molar refractivity (Wildman–Crippen MR) is 71.6 cm³/mol. The van der Waals surface area contributed by atoms with Gasteiger partial charge in [0, 0.05) is 6.04 Å². The van der Waals surface area contributed by atoms with Gasteiger partial charge in [-0.1, -0.05) is 17.3 Å². The zero-order chi connectivity index (χ0) is 13.7. The molecule has 0 saturated heterocycles. The number of aromatic amines is 1. The highest BCUT2D eigenvalue weighted by molar-refractivity contribution is 5.99. The first-order valence-electron chi connectivity index (χ1n) is 6.41. The van der Waals surface area contributed by atoms with Crippen molar-refractivity contribution >= 4 is 22.5 Å². The van der Waals surface area contributed by atoms with Crippen molar-refractivity contribution in [1.82, 2.24) is 25.1 Å². The van der Waals surface area contributed by atoms with E-state index in [-0.39, 0.29) is 28.7 Å². The van der Waals surface area contributed by atoms with Crippen LogP contribution in [-0.4, -0.2) is 31.8 Å². The molecule has 20 heavy (non-hydrogen) atoms. The molecule has 1 aliphatic rings. The lowest BCUT2D eigenvalue weighted by molar-refractivity contribution is 0.0947. The third-order valence-electron chi connectivity index (χ3n) is 3.39. The van der Waals surface area contributed by atoms with E-state index in [1.54, 1.807) is 6.07 Å². The number of carbonyl (C=O) groups is 1.